The van der Waals surface area contributed by atoms with Crippen LogP contribution in [0.15, 0.2) is 18.2 Å². The Morgan fingerprint density at radius 1 is 1.32 bits per heavy atom. The summed E-state index contributed by atoms with van der Waals surface area (Å²) in [6, 6.07) is 5.69. The first kappa shape index (κ1) is 19.4. The zero-order chi connectivity index (χ0) is 18.4. The Morgan fingerprint density at radius 2 is 2.00 bits per heavy atom. The van der Waals surface area contributed by atoms with Crippen molar-refractivity contribution >= 4 is 11.8 Å². The lowest BCUT2D eigenvalue weighted by Gasteiger charge is -2.22. The van der Waals surface area contributed by atoms with E-state index in [1.807, 2.05) is 44.0 Å². The molecule has 1 aliphatic heterocycles. The minimum absolute atomic E-state index is 0.0903. The summed E-state index contributed by atoms with van der Waals surface area (Å²) in [6.45, 7) is 7.44. The van der Waals surface area contributed by atoms with Gasteiger partial charge < -0.3 is 19.9 Å². The zero-order valence-corrected chi connectivity index (χ0v) is 15.7. The highest BCUT2D eigenvalue weighted by atomic mass is 16.5. The van der Waals surface area contributed by atoms with Gasteiger partial charge in [0.05, 0.1) is 12.6 Å². The first-order valence-corrected chi connectivity index (χ1v) is 8.74. The van der Waals surface area contributed by atoms with Gasteiger partial charge in [0.1, 0.15) is 0 Å². The maximum atomic E-state index is 12.6. The molecule has 1 aliphatic rings. The van der Waals surface area contributed by atoms with Crippen molar-refractivity contribution in [3.8, 4) is 0 Å². The van der Waals surface area contributed by atoms with Crippen molar-refractivity contribution in [2.24, 2.45) is 0 Å². The first-order valence-electron chi connectivity index (χ1n) is 8.74. The summed E-state index contributed by atoms with van der Waals surface area (Å²) >= 11 is 0. The quantitative estimate of drug-likeness (QED) is 0.768. The lowest BCUT2D eigenvalue weighted by atomic mass is 10.0. The predicted molar refractivity (Wildman–Crippen MR) is 97.7 cm³/mol. The van der Waals surface area contributed by atoms with Gasteiger partial charge in [0.15, 0.2) is 0 Å². The third-order valence-electron chi connectivity index (χ3n) is 4.69. The fraction of sp³-hybridized carbons (Fsp3) is 0.579. The molecule has 0 radical (unpaired) electrons. The molecule has 1 atom stereocenters. The molecule has 1 unspecified atom stereocenters. The highest BCUT2D eigenvalue weighted by molar-refractivity contribution is 5.97. The van der Waals surface area contributed by atoms with Gasteiger partial charge in [-0.05, 0) is 32.0 Å². The van der Waals surface area contributed by atoms with Crippen LogP contribution < -0.4 is 5.32 Å². The van der Waals surface area contributed by atoms with Crippen LogP contribution >= 0.6 is 0 Å². The van der Waals surface area contributed by atoms with Crippen molar-refractivity contribution in [3.63, 3.8) is 0 Å². The molecule has 1 saturated heterocycles. The van der Waals surface area contributed by atoms with Crippen molar-refractivity contribution in [2.45, 2.75) is 26.3 Å². The van der Waals surface area contributed by atoms with Gasteiger partial charge in [0, 0.05) is 45.3 Å². The van der Waals surface area contributed by atoms with Crippen LogP contribution in [0, 0.1) is 13.8 Å². The Bertz CT molecular complexity index is 598. The summed E-state index contributed by atoms with van der Waals surface area (Å²) in [7, 11) is 3.70. The first-order chi connectivity index (χ1) is 11.9. The number of nitrogens with zero attached hydrogens (tertiary/aromatic N) is 2. The van der Waals surface area contributed by atoms with E-state index in [0.29, 0.717) is 31.7 Å². The fourth-order valence-corrected chi connectivity index (χ4v) is 3.17. The van der Waals surface area contributed by atoms with Gasteiger partial charge in [-0.3, -0.25) is 9.59 Å². The number of aryl methyl sites for hydroxylation is 2. The molecule has 0 saturated carbocycles. The standard InChI is InChI=1S/C19H29N3O3/c1-14-6-5-7-15(2)18(14)19(24)20-16-12-17(23)22(13-16)9-8-21(3)10-11-25-4/h5-7,16H,8-13H2,1-4H3,(H,20,24). The van der Waals surface area contributed by atoms with E-state index in [4.69, 9.17) is 4.74 Å². The van der Waals surface area contributed by atoms with Crippen LogP contribution in [-0.4, -0.2) is 74.6 Å². The maximum absolute atomic E-state index is 12.6. The van der Waals surface area contributed by atoms with Crippen LogP contribution in [0.3, 0.4) is 0 Å². The molecule has 6 nitrogen and oxygen atoms in total. The van der Waals surface area contributed by atoms with Crippen molar-refractivity contribution in [1.29, 1.82) is 0 Å². The largest absolute Gasteiger partial charge is 0.383 e. The number of amides is 2. The fourth-order valence-electron chi connectivity index (χ4n) is 3.17. The Morgan fingerprint density at radius 3 is 2.64 bits per heavy atom. The molecule has 2 amide bonds. The summed E-state index contributed by atoms with van der Waals surface area (Å²) in [5.74, 6) is 0.0133. The number of rotatable bonds is 8. The van der Waals surface area contributed by atoms with E-state index in [1.54, 1.807) is 7.11 Å². The van der Waals surface area contributed by atoms with Crippen molar-refractivity contribution in [2.75, 3.05) is 46.9 Å². The predicted octanol–water partition coefficient (Wildman–Crippen LogP) is 1.21. The third kappa shape index (κ3) is 5.28. The minimum atomic E-state index is -0.122. The maximum Gasteiger partial charge on any atom is 0.252 e. The van der Waals surface area contributed by atoms with Crippen molar-refractivity contribution < 1.29 is 14.3 Å². The highest BCUT2D eigenvalue weighted by Gasteiger charge is 2.31. The van der Waals surface area contributed by atoms with E-state index in [1.165, 1.54) is 0 Å². The van der Waals surface area contributed by atoms with Gasteiger partial charge >= 0.3 is 0 Å². The Hall–Kier alpha value is -1.92. The van der Waals surface area contributed by atoms with Crippen molar-refractivity contribution in [3.05, 3.63) is 34.9 Å². The number of benzene rings is 1. The number of hydrogen-bond acceptors (Lipinski definition) is 4. The summed E-state index contributed by atoms with van der Waals surface area (Å²) < 4.78 is 5.06. The Labute approximate surface area is 150 Å². The number of nitrogens with one attached hydrogen (secondary N) is 1. The number of likely N-dealkylation sites (N-methyl/N-ethyl adjacent to an activating group) is 1. The summed E-state index contributed by atoms with van der Waals surface area (Å²) in [4.78, 5) is 28.7. The molecule has 0 aliphatic carbocycles. The van der Waals surface area contributed by atoms with Gasteiger partial charge in [0.2, 0.25) is 5.91 Å². The molecular formula is C19H29N3O3. The Balaban J connectivity index is 1.87. The van der Waals surface area contributed by atoms with Gasteiger partial charge in [-0.2, -0.15) is 0 Å². The number of carbonyl (C=O) groups is 2. The molecule has 0 aromatic heterocycles. The molecule has 6 heteroatoms. The lowest BCUT2D eigenvalue weighted by Crippen LogP contribution is -2.39. The minimum Gasteiger partial charge on any atom is -0.383 e. The summed E-state index contributed by atoms with van der Waals surface area (Å²) in [5.41, 5.74) is 2.63. The molecule has 1 aromatic rings. The number of hydrogen-bond donors (Lipinski definition) is 1. The van der Waals surface area contributed by atoms with Crippen LogP contribution in [0.2, 0.25) is 0 Å². The number of carbonyl (C=O) groups excluding carboxylic acids is 2. The molecule has 1 fully saturated rings. The van der Waals surface area contributed by atoms with Crippen LogP contribution in [0.5, 0.6) is 0 Å². The average Bonchev–Trinajstić information content (AvgIpc) is 2.90. The topological polar surface area (TPSA) is 61.9 Å². The second-order valence-electron chi connectivity index (χ2n) is 6.78. The van der Waals surface area contributed by atoms with Gasteiger partial charge in [-0.1, -0.05) is 18.2 Å². The Kier molecular flexibility index (Phi) is 6.96. The van der Waals surface area contributed by atoms with Crippen LogP contribution in [0.25, 0.3) is 0 Å². The van der Waals surface area contributed by atoms with Crippen LogP contribution in [0.1, 0.15) is 27.9 Å². The SMILES string of the molecule is COCCN(C)CCN1CC(NC(=O)c2c(C)cccc2C)CC1=O. The van der Waals surface area contributed by atoms with Gasteiger partial charge in [-0.15, -0.1) is 0 Å². The molecule has 1 aromatic carbocycles. The van der Waals surface area contributed by atoms with E-state index in [0.717, 1.165) is 24.2 Å². The number of methoxy groups -OCH3 is 1. The monoisotopic (exact) mass is 347 g/mol. The molecule has 0 spiro atoms. The van der Waals surface area contributed by atoms with E-state index >= 15 is 0 Å². The highest BCUT2D eigenvalue weighted by Crippen LogP contribution is 2.16. The molecule has 138 valence electrons. The second kappa shape index (κ2) is 8.97. The van der Waals surface area contributed by atoms with Crippen molar-refractivity contribution in [1.82, 2.24) is 15.1 Å². The van der Waals surface area contributed by atoms with E-state index in [-0.39, 0.29) is 17.9 Å². The van der Waals surface area contributed by atoms with Crippen LogP contribution in [0.4, 0.5) is 0 Å². The molecule has 25 heavy (non-hydrogen) atoms. The average molecular weight is 347 g/mol. The van der Waals surface area contributed by atoms with Crippen LogP contribution in [-0.2, 0) is 9.53 Å². The molecule has 0 bridgehead atoms. The van der Waals surface area contributed by atoms with Gasteiger partial charge in [-0.25, -0.2) is 0 Å². The van der Waals surface area contributed by atoms with E-state index in [9.17, 15) is 9.59 Å². The summed E-state index contributed by atoms with van der Waals surface area (Å²) in [5, 5.41) is 3.02. The third-order valence-corrected chi connectivity index (χ3v) is 4.69. The van der Waals surface area contributed by atoms with Gasteiger partial charge in [0.25, 0.3) is 5.91 Å². The molecular weight excluding hydrogens is 318 g/mol. The number of likely N-dealkylation sites (tertiary alicyclic amines) is 1. The molecule has 1 heterocycles. The van der Waals surface area contributed by atoms with E-state index in [2.05, 4.69) is 10.2 Å². The zero-order valence-electron chi connectivity index (χ0n) is 15.7. The summed E-state index contributed by atoms with van der Waals surface area (Å²) in [6.07, 6.45) is 0.373. The smallest absolute Gasteiger partial charge is 0.252 e. The normalized spacial score (nSPS) is 17.4. The molecule has 2 rings (SSSR count). The second-order valence-corrected chi connectivity index (χ2v) is 6.78. The molecule has 1 N–H and O–H groups in total. The lowest BCUT2D eigenvalue weighted by molar-refractivity contribution is -0.127. The number of ether oxygens (including phenoxy) is 1. The van der Waals surface area contributed by atoms with E-state index < -0.39 is 0 Å².